The van der Waals surface area contributed by atoms with E-state index in [0.29, 0.717) is 28.1 Å². The van der Waals surface area contributed by atoms with Gasteiger partial charge in [0.2, 0.25) is 0 Å². The number of hydrogen-bond acceptors (Lipinski definition) is 5. The number of rotatable bonds is 5. The van der Waals surface area contributed by atoms with Crippen LogP contribution < -0.4 is 16.1 Å². The van der Waals surface area contributed by atoms with Crippen LogP contribution >= 0.6 is 11.3 Å². The number of carbonyl (C=O) groups excluding carboxylic acids is 2. The van der Waals surface area contributed by atoms with Crippen LogP contribution in [0.2, 0.25) is 0 Å². The summed E-state index contributed by atoms with van der Waals surface area (Å²) < 4.78 is 5.84. The Morgan fingerprint density at radius 3 is 2.57 bits per heavy atom. The molecule has 2 aromatic heterocycles. The summed E-state index contributed by atoms with van der Waals surface area (Å²) in [5.74, 6) is -0.830. The summed E-state index contributed by atoms with van der Waals surface area (Å²) >= 11 is 1.44. The zero-order valence-corrected chi connectivity index (χ0v) is 20.5. The van der Waals surface area contributed by atoms with Gasteiger partial charge in [-0.2, -0.15) is 0 Å². The molecule has 0 bridgehead atoms. The fourth-order valence-corrected chi connectivity index (χ4v) is 5.98. The number of benzene rings is 2. The summed E-state index contributed by atoms with van der Waals surface area (Å²) in [6.07, 6.45) is 3.76. The predicted molar refractivity (Wildman–Crippen MR) is 138 cm³/mol. The highest BCUT2D eigenvalue weighted by molar-refractivity contribution is 7.17. The van der Waals surface area contributed by atoms with Crippen LogP contribution in [0, 0.1) is 13.8 Å². The molecule has 0 saturated heterocycles. The van der Waals surface area contributed by atoms with Crippen molar-refractivity contribution in [2.75, 3.05) is 5.32 Å². The Balaban J connectivity index is 1.46. The van der Waals surface area contributed by atoms with Crippen molar-refractivity contribution in [3.05, 3.63) is 97.2 Å². The van der Waals surface area contributed by atoms with E-state index in [1.807, 2.05) is 50.2 Å². The van der Waals surface area contributed by atoms with Crippen LogP contribution in [0.15, 0.2) is 57.7 Å². The van der Waals surface area contributed by atoms with Gasteiger partial charge < -0.3 is 15.1 Å². The number of fused-ring (bicyclic) bond motifs is 2. The van der Waals surface area contributed by atoms with E-state index in [-0.39, 0.29) is 17.1 Å². The minimum absolute atomic E-state index is 0.0745. The van der Waals surface area contributed by atoms with Gasteiger partial charge >= 0.3 is 0 Å². The molecule has 1 aliphatic carbocycles. The SMILES string of the molecule is Cc1cc(C)c2c(=O)cc(C(=O)Nc3sc4c(c3C(=O)NCc3ccccc3)CCCC4)oc2c1. The Labute approximate surface area is 207 Å². The van der Waals surface area contributed by atoms with E-state index in [0.717, 1.165) is 52.8 Å². The van der Waals surface area contributed by atoms with Crippen molar-refractivity contribution in [2.24, 2.45) is 0 Å². The Bertz CT molecular complexity index is 1500. The van der Waals surface area contributed by atoms with Crippen LogP contribution in [-0.4, -0.2) is 11.8 Å². The van der Waals surface area contributed by atoms with E-state index >= 15 is 0 Å². The van der Waals surface area contributed by atoms with Crippen molar-refractivity contribution in [1.29, 1.82) is 0 Å². The van der Waals surface area contributed by atoms with Gasteiger partial charge in [0, 0.05) is 17.5 Å². The van der Waals surface area contributed by atoms with E-state index in [2.05, 4.69) is 10.6 Å². The van der Waals surface area contributed by atoms with E-state index in [9.17, 15) is 14.4 Å². The van der Waals surface area contributed by atoms with Gasteiger partial charge in [0.05, 0.1) is 10.9 Å². The molecule has 0 saturated carbocycles. The summed E-state index contributed by atoms with van der Waals surface area (Å²) in [5, 5.41) is 6.83. The molecule has 0 fully saturated rings. The molecule has 5 rings (SSSR count). The third kappa shape index (κ3) is 4.64. The Kier molecular flexibility index (Phi) is 6.26. The molecule has 6 nitrogen and oxygen atoms in total. The number of aryl methyl sites for hydroxylation is 3. The monoisotopic (exact) mass is 486 g/mol. The lowest BCUT2D eigenvalue weighted by atomic mass is 9.95. The lowest BCUT2D eigenvalue weighted by molar-refractivity contribution is 0.0951. The van der Waals surface area contributed by atoms with Crippen molar-refractivity contribution < 1.29 is 14.0 Å². The number of anilines is 1. The molecule has 0 unspecified atom stereocenters. The molecule has 2 amide bonds. The maximum atomic E-state index is 13.3. The molecule has 2 heterocycles. The summed E-state index contributed by atoms with van der Waals surface area (Å²) in [6, 6.07) is 14.6. The number of amides is 2. The van der Waals surface area contributed by atoms with Crippen LogP contribution in [-0.2, 0) is 19.4 Å². The van der Waals surface area contributed by atoms with Gasteiger partial charge in [-0.15, -0.1) is 11.3 Å². The van der Waals surface area contributed by atoms with Gasteiger partial charge in [-0.05, 0) is 67.9 Å². The molecule has 4 aromatic rings. The Hall–Kier alpha value is -3.71. The fourth-order valence-electron chi connectivity index (χ4n) is 4.70. The molecule has 0 radical (unpaired) electrons. The fraction of sp³-hybridized carbons (Fsp3) is 0.250. The summed E-state index contributed by atoms with van der Waals surface area (Å²) in [7, 11) is 0. The van der Waals surface area contributed by atoms with Gasteiger partial charge in [-0.3, -0.25) is 14.4 Å². The predicted octanol–water partition coefficient (Wildman–Crippen LogP) is 5.53. The normalized spacial score (nSPS) is 12.9. The van der Waals surface area contributed by atoms with Gasteiger partial charge in [-0.25, -0.2) is 0 Å². The lowest BCUT2D eigenvalue weighted by Gasteiger charge is -2.13. The largest absolute Gasteiger partial charge is 0.451 e. The molecule has 35 heavy (non-hydrogen) atoms. The molecular weight excluding hydrogens is 460 g/mol. The third-order valence-corrected chi connectivity index (χ3v) is 7.52. The first-order valence-electron chi connectivity index (χ1n) is 11.7. The van der Waals surface area contributed by atoms with Crippen molar-refractivity contribution in [2.45, 2.75) is 46.1 Å². The number of carbonyl (C=O) groups is 2. The number of nitrogens with one attached hydrogen (secondary N) is 2. The highest BCUT2D eigenvalue weighted by atomic mass is 32.1. The molecule has 7 heteroatoms. The standard InChI is InChI=1S/C28H26N2O4S/c1-16-12-17(2)24-20(31)14-22(34-21(24)13-16)26(32)30-28-25(19-10-6-7-11-23(19)35-28)27(33)29-15-18-8-4-3-5-9-18/h3-5,8-9,12-14H,6-7,10-11,15H2,1-2H3,(H,29,33)(H,30,32). The molecule has 0 aliphatic heterocycles. The first-order chi connectivity index (χ1) is 16.9. The van der Waals surface area contributed by atoms with Crippen LogP contribution in [0.3, 0.4) is 0 Å². The maximum absolute atomic E-state index is 13.3. The van der Waals surface area contributed by atoms with E-state index in [1.54, 1.807) is 6.07 Å². The topological polar surface area (TPSA) is 88.4 Å². The number of hydrogen-bond donors (Lipinski definition) is 2. The summed E-state index contributed by atoms with van der Waals surface area (Å²) in [4.78, 5) is 40.3. The van der Waals surface area contributed by atoms with E-state index in [4.69, 9.17) is 4.42 Å². The maximum Gasteiger partial charge on any atom is 0.292 e. The quantitative estimate of drug-likeness (QED) is 0.388. The summed E-state index contributed by atoms with van der Waals surface area (Å²) in [5.41, 5.74) is 4.39. The number of thiophene rings is 1. The zero-order valence-electron chi connectivity index (χ0n) is 19.7. The van der Waals surface area contributed by atoms with Gasteiger partial charge in [-0.1, -0.05) is 36.4 Å². The second-order valence-corrected chi connectivity index (χ2v) is 10.1. The van der Waals surface area contributed by atoms with Gasteiger partial charge in [0.1, 0.15) is 10.6 Å². The zero-order chi connectivity index (χ0) is 24.5. The molecule has 0 spiro atoms. The van der Waals surface area contributed by atoms with E-state index < -0.39 is 5.91 Å². The third-order valence-electron chi connectivity index (χ3n) is 6.32. The first-order valence-corrected chi connectivity index (χ1v) is 12.6. The molecule has 0 atom stereocenters. The van der Waals surface area contributed by atoms with Crippen molar-refractivity contribution in [3.8, 4) is 0 Å². The molecule has 2 aromatic carbocycles. The second kappa shape index (κ2) is 9.50. The van der Waals surface area contributed by atoms with Crippen molar-refractivity contribution in [3.63, 3.8) is 0 Å². The Morgan fingerprint density at radius 2 is 1.77 bits per heavy atom. The molecule has 1 aliphatic rings. The first kappa shape index (κ1) is 23.1. The minimum Gasteiger partial charge on any atom is -0.451 e. The smallest absolute Gasteiger partial charge is 0.292 e. The van der Waals surface area contributed by atoms with Crippen molar-refractivity contribution >= 4 is 39.1 Å². The van der Waals surface area contributed by atoms with Crippen LogP contribution in [0.4, 0.5) is 5.00 Å². The average Bonchev–Trinajstić information content (AvgIpc) is 3.20. The van der Waals surface area contributed by atoms with Crippen LogP contribution in [0.25, 0.3) is 11.0 Å². The highest BCUT2D eigenvalue weighted by Crippen LogP contribution is 2.38. The van der Waals surface area contributed by atoms with Crippen molar-refractivity contribution in [1.82, 2.24) is 5.32 Å². The second-order valence-electron chi connectivity index (χ2n) is 8.97. The van der Waals surface area contributed by atoms with E-state index in [1.165, 1.54) is 17.4 Å². The summed E-state index contributed by atoms with van der Waals surface area (Å²) in [6.45, 7) is 4.16. The molecule has 178 valence electrons. The van der Waals surface area contributed by atoms with Gasteiger partial charge in [0.25, 0.3) is 11.8 Å². The lowest BCUT2D eigenvalue weighted by Crippen LogP contribution is -2.25. The molecular formula is C28H26N2O4S. The highest BCUT2D eigenvalue weighted by Gasteiger charge is 2.27. The van der Waals surface area contributed by atoms with Crippen LogP contribution in [0.1, 0.15) is 60.9 Å². The minimum atomic E-state index is -0.543. The molecule has 2 N–H and O–H groups in total. The Morgan fingerprint density at radius 1 is 1.00 bits per heavy atom. The van der Waals surface area contributed by atoms with Crippen LogP contribution in [0.5, 0.6) is 0 Å². The van der Waals surface area contributed by atoms with Gasteiger partial charge in [0.15, 0.2) is 11.2 Å². The average molecular weight is 487 g/mol.